The van der Waals surface area contributed by atoms with Gasteiger partial charge in [-0.3, -0.25) is 4.79 Å². The minimum atomic E-state index is -1.03. The van der Waals surface area contributed by atoms with Crippen LogP contribution >= 0.6 is 23.5 Å². The van der Waals surface area contributed by atoms with Crippen LogP contribution in [0, 0.1) is 6.92 Å². The van der Waals surface area contributed by atoms with Crippen LogP contribution in [0.1, 0.15) is 53.4 Å². The summed E-state index contributed by atoms with van der Waals surface area (Å²) in [4.78, 5) is 24.8. The molecule has 0 bridgehead atoms. The van der Waals surface area contributed by atoms with Gasteiger partial charge in [0.1, 0.15) is 6.04 Å². The Morgan fingerprint density at radius 1 is 0.947 bits per heavy atom. The van der Waals surface area contributed by atoms with Gasteiger partial charge >= 0.3 is 5.97 Å². The van der Waals surface area contributed by atoms with Gasteiger partial charge in [-0.1, -0.05) is 67.6 Å². The topological polar surface area (TPSA) is 75.6 Å². The van der Waals surface area contributed by atoms with Crippen molar-refractivity contribution in [3.8, 4) is 11.1 Å². The molecule has 0 heterocycles. The number of benzene rings is 3. The number of hydrogen-bond donors (Lipinski definition) is 2. The maximum absolute atomic E-state index is 13.2. The number of carboxylic acids is 1. The van der Waals surface area contributed by atoms with E-state index in [1.165, 1.54) is 5.75 Å². The normalized spacial score (nSPS) is 12.1. The molecule has 0 aliphatic heterocycles. The van der Waals surface area contributed by atoms with Crippen LogP contribution in [0.25, 0.3) is 11.1 Å². The van der Waals surface area contributed by atoms with Crippen molar-refractivity contribution in [3.05, 3.63) is 95.1 Å². The van der Waals surface area contributed by atoms with Crippen molar-refractivity contribution >= 4 is 35.4 Å². The second-order valence-electron chi connectivity index (χ2n) is 8.78. The number of rotatable bonds is 12. The minimum Gasteiger partial charge on any atom is -0.480 e. The van der Waals surface area contributed by atoms with Crippen molar-refractivity contribution < 1.29 is 19.4 Å². The maximum atomic E-state index is 13.2. The molecule has 0 aliphatic rings. The molecule has 3 aromatic rings. The third-order valence-corrected chi connectivity index (χ3v) is 7.26. The minimum absolute atomic E-state index is 0.0705. The van der Waals surface area contributed by atoms with E-state index in [1.807, 2.05) is 98.6 Å². The fourth-order valence-electron chi connectivity index (χ4n) is 3.75. The van der Waals surface area contributed by atoms with Crippen molar-refractivity contribution in [1.29, 1.82) is 0 Å². The van der Waals surface area contributed by atoms with Gasteiger partial charge < -0.3 is 15.2 Å². The van der Waals surface area contributed by atoms with Gasteiger partial charge in [-0.05, 0) is 84.2 Å². The fourth-order valence-corrected chi connectivity index (χ4v) is 4.22. The van der Waals surface area contributed by atoms with Crippen molar-refractivity contribution in [2.45, 2.75) is 45.9 Å². The van der Waals surface area contributed by atoms with Gasteiger partial charge in [0, 0.05) is 5.56 Å². The molecule has 0 fully saturated rings. The van der Waals surface area contributed by atoms with Gasteiger partial charge in [0.2, 0.25) is 0 Å². The highest BCUT2D eigenvalue weighted by atomic mass is 32.2. The summed E-state index contributed by atoms with van der Waals surface area (Å²) in [6.45, 7) is 6.54. The first-order valence-corrected chi connectivity index (χ1v) is 15.5. The van der Waals surface area contributed by atoms with Crippen LogP contribution in [0.3, 0.4) is 0 Å². The van der Waals surface area contributed by atoms with Crippen LogP contribution in [-0.4, -0.2) is 47.0 Å². The van der Waals surface area contributed by atoms with Gasteiger partial charge in [0.15, 0.2) is 0 Å². The summed E-state index contributed by atoms with van der Waals surface area (Å²) in [5.41, 5.74) is 5.21. The number of ether oxygens (including phenoxy) is 1. The number of aryl methyl sites for hydroxylation is 1. The summed E-state index contributed by atoms with van der Waals surface area (Å²) in [5, 5.41) is 12.3. The maximum Gasteiger partial charge on any atom is 0.326 e. The molecule has 1 amide bonds. The van der Waals surface area contributed by atoms with E-state index in [-0.39, 0.29) is 6.10 Å². The second-order valence-corrected chi connectivity index (χ2v) is 10.9. The Hall–Kier alpha value is -2.74. The summed E-state index contributed by atoms with van der Waals surface area (Å²) >= 11 is 3.41. The Balaban J connectivity index is 0.00000118. The van der Waals surface area contributed by atoms with E-state index in [1.54, 1.807) is 17.8 Å². The molecule has 0 saturated heterocycles. The van der Waals surface area contributed by atoms with Crippen LogP contribution in [0.5, 0.6) is 0 Å². The zero-order chi connectivity index (χ0) is 27.9. The average molecular weight is 554 g/mol. The van der Waals surface area contributed by atoms with Gasteiger partial charge in [0.05, 0.1) is 12.7 Å². The molecule has 3 aromatic carbocycles. The first kappa shape index (κ1) is 31.5. The molecule has 5 nitrogen and oxygen atoms in total. The van der Waals surface area contributed by atoms with Crippen molar-refractivity contribution in [2.24, 2.45) is 0 Å². The number of aliphatic carboxylic acids is 1. The van der Waals surface area contributed by atoms with E-state index >= 15 is 0 Å². The fraction of sp³-hybridized carbons (Fsp3) is 0.355. The third-order valence-electron chi connectivity index (χ3n) is 6.04. The molecular weight excluding hydrogens is 514 g/mol. The molecule has 0 aliphatic carbocycles. The van der Waals surface area contributed by atoms with E-state index in [4.69, 9.17) is 4.74 Å². The summed E-state index contributed by atoms with van der Waals surface area (Å²) in [5.74, 6) is 0.467. The van der Waals surface area contributed by atoms with Crippen LogP contribution in [0.15, 0.2) is 72.8 Å². The van der Waals surface area contributed by atoms with Gasteiger partial charge in [0.25, 0.3) is 5.91 Å². The van der Waals surface area contributed by atoms with Crippen LogP contribution in [0.4, 0.5) is 0 Å². The Labute approximate surface area is 235 Å². The summed E-state index contributed by atoms with van der Waals surface area (Å²) in [6, 6.07) is 22.5. The molecule has 0 saturated carbocycles. The van der Waals surface area contributed by atoms with Crippen molar-refractivity contribution in [1.82, 2.24) is 5.32 Å². The number of carbonyl (C=O) groups excluding carboxylic acids is 1. The predicted molar refractivity (Wildman–Crippen MR) is 162 cm³/mol. The first-order valence-electron chi connectivity index (χ1n) is 12.7. The molecule has 0 radical (unpaired) electrons. The van der Waals surface area contributed by atoms with Crippen molar-refractivity contribution in [2.75, 3.05) is 24.0 Å². The quantitative estimate of drug-likeness (QED) is 0.246. The number of amides is 1. The molecular formula is C31H39NO4S2. The van der Waals surface area contributed by atoms with Crippen LogP contribution in [-0.2, 0) is 16.1 Å². The van der Waals surface area contributed by atoms with E-state index in [0.29, 0.717) is 24.3 Å². The Kier molecular flexibility index (Phi) is 14.1. The summed E-state index contributed by atoms with van der Waals surface area (Å²) in [7, 11) is 0. The van der Waals surface area contributed by atoms with Gasteiger partial charge in [-0.2, -0.15) is 23.5 Å². The predicted octanol–water partition coefficient (Wildman–Crippen LogP) is 7.25. The monoisotopic (exact) mass is 553 g/mol. The van der Waals surface area contributed by atoms with Gasteiger partial charge in [-0.25, -0.2) is 4.79 Å². The SMILES string of the molecule is CCSC.CSCCC(NC(=O)c1ccc(COC(C)c2ccccc2)cc1-c1ccccc1C)C(=O)O. The van der Waals surface area contributed by atoms with Crippen LogP contribution < -0.4 is 5.32 Å². The highest BCUT2D eigenvalue weighted by Crippen LogP contribution is 2.29. The molecule has 0 aromatic heterocycles. The molecule has 204 valence electrons. The number of thioether (sulfide) groups is 2. The van der Waals surface area contributed by atoms with Crippen molar-refractivity contribution in [3.63, 3.8) is 0 Å². The largest absolute Gasteiger partial charge is 0.480 e. The second kappa shape index (κ2) is 17.0. The molecule has 38 heavy (non-hydrogen) atoms. The van der Waals surface area contributed by atoms with E-state index < -0.39 is 17.9 Å². The zero-order valence-electron chi connectivity index (χ0n) is 22.9. The molecule has 2 atom stereocenters. The highest BCUT2D eigenvalue weighted by Gasteiger charge is 2.23. The molecule has 2 N–H and O–H groups in total. The number of carboxylic acid groups (broad SMARTS) is 1. The Morgan fingerprint density at radius 3 is 2.21 bits per heavy atom. The highest BCUT2D eigenvalue weighted by molar-refractivity contribution is 7.98. The van der Waals surface area contributed by atoms with E-state index in [2.05, 4.69) is 18.5 Å². The third kappa shape index (κ3) is 9.86. The average Bonchev–Trinajstić information content (AvgIpc) is 2.94. The standard InChI is InChI=1S/C28H31NO4S.C3H8S/c1-19-9-7-8-12-23(19)25-17-21(18-33-20(2)22-10-5-4-6-11-22)13-14-24(25)27(30)29-26(28(31)32)15-16-34-3;1-3-4-2/h4-14,17,20,26H,15-16,18H2,1-3H3,(H,29,30)(H,31,32);3H2,1-2H3. The smallest absolute Gasteiger partial charge is 0.326 e. The number of carbonyl (C=O) groups is 2. The van der Waals surface area contributed by atoms with E-state index in [0.717, 1.165) is 27.8 Å². The lowest BCUT2D eigenvalue weighted by molar-refractivity contribution is -0.139. The van der Waals surface area contributed by atoms with Gasteiger partial charge in [-0.15, -0.1) is 0 Å². The lowest BCUT2D eigenvalue weighted by Gasteiger charge is -2.18. The molecule has 2 unspecified atom stereocenters. The lowest BCUT2D eigenvalue weighted by Crippen LogP contribution is -2.41. The lowest BCUT2D eigenvalue weighted by atomic mass is 9.93. The Morgan fingerprint density at radius 2 is 1.61 bits per heavy atom. The zero-order valence-corrected chi connectivity index (χ0v) is 24.5. The molecule has 0 spiro atoms. The number of hydrogen-bond acceptors (Lipinski definition) is 5. The first-order chi connectivity index (χ1) is 18.3. The molecule has 3 rings (SSSR count). The molecule has 7 heteroatoms. The Bertz CT molecular complexity index is 1150. The summed E-state index contributed by atoms with van der Waals surface area (Å²) < 4.78 is 6.10. The summed E-state index contributed by atoms with van der Waals surface area (Å²) in [6.07, 6.45) is 4.31. The van der Waals surface area contributed by atoms with Crippen LogP contribution in [0.2, 0.25) is 0 Å². The number of nitrogens with one attached hydrogen (secondary N) is 1. The van der Waals surface area contributed by atoms with E-state index in [9.17, 15) is 14.7 Å².